The van der Waals surface area contributed by atoms with Crippen molar-refractivity contribution in [2.75, 3.05) is 39.6 Å². The van der Waals surface area contributed by atoms with Crippen molar-refractivity contribution in [2.24, 2.45) is 5.92 Å². The molecule has 0 fully saturated rings. The fourth-order valence-electron chi connectivity index (χ4n) is 14.5. The van der Waals surface area contributed by atoms with Crippen LogP contribution in [0.5, 0.6) is 0 Å². The highest BCUT2D eigenvalue weighted by molar-refractivity contribution is 7.47. The molecule has 0 aliphatic heterocycles. The molecule has 111 heavy (non-hydrogen) atoms. The highest BCUT2D eigenvalue weighted by Gasteiger charge is 2.31. The molecule has 660 valence electrons. The van der Waals surface area contributed by atoms with Gasteiger partial charge in [0, 0.05) is 25.7 Å². The molecular weight excluding hydrogens is 1440 g/mol. The number of rotatable bonds is 92. The van der Waals surface area contributed by atoms with Crippen LogP contribution in [0.3, 0.4) is 0 Å². The third-order valence-electron chi connectivity index (χ3n) is 21.8. The molecule has 0 radical (unpaired) electrons. The van der Waals surface area contributed by atoms with Crippen LogP contribution in [0.15, 0.2) is 0 Å². The number of unbranched alkanes of at least 4 members (excludes halogenated alkanes) is 64. The Morgan fingerprint density at radius 2 is 0.414 bits per heavy atom. The highest BCUT2D eigenvalue weighted by Crippen LogP contribution is 2.45. The number of phosphoric ester groups is 2. The van der Waals surface area contributed by atoms with Gasteiger partial charge in [-0.15, -0.1) is 0 Å². The molecular formula is C92H180O17P2. The molecule has 2 unspecified atom stereocenters. The lowest BCUT2D eigenvalue weighted by Gasteiger charge is -2.21. The molecule has 0 saturated heterocycles. The molecule has 0 bridgehead atoms. The van der Waals surface area contributed by atoms with Gasteiger partial charge in [-0.05, 0) is 31.6 Å². The highest BCUT2D eigenvalue weighted by atomic mass is 31.2. The Balaban J connectivity index is 5.21. The van der Waals surface area contributed by atoms with Gasteiger partial charge < -0.3 is 33.8 Å². The van der Waals surface area contributed by atoms with Crippen molar-refractivity contribution in [1.82, 2.24) is 0 Å². The molecule has 17 nitrogen and oxygen atoms in total. The summed E-state index contributed by atoms with van der Waals surface area (Å²) in [4.78, 5) is 73.4. The molecule has 0 spiro atoms. The van der Waals surface area contributed by atoms with Gasteiger partial charge in [0.1, 0.15) is 19.3 Å². The van der Waals surface area contributed by atoms with Crippen molar-refractivity contribution < 1.29 is 80.2 Å². The van der Waals surface area contributed by atoms with E-state index in [-0.39, 0.29) is 25.7 Å². The lowest BCUT2D eigenvalue weighted by molar-refractivity contribution is -0.161. The molecule has 0 aromatic carbocycles. The molecule has 0 aliphatic carbocycles. The molecule has 5 atom stereocenters. The van der Waals surface area contributed by atoms with Crippen LogP contribution >= 0.6 is 15.6 Å². The van der Waals surface area contributed by atoms with E-state index in [1.165, 1.54) is 321 Å². The molecule has 0 saturated carbocycles. The number of carbonyl (C=O) groups is 4. The average molecular weight is 1620 g/mol. The Labute approximate surface area is 683 Å². The first-order valence-corrected chi connectivity index (χ1v) is 50.6. The molecule has 0 heterocycles. The second-order valence-electron chi connectivity index (χ2n) is 33.5. The zero-order valence-corrected chi connectivity index (χ0v) is 74.9. The predicted octanol–water partition coefficient (Wildman–Crippen LogP) is 28.7. The number of hydrogen-bond donors (Lipinski definition) is 3. The van der Waals surface area contributed by atoms with Gasteiger partial charge >= 0.3 is 39.5 Å². The van der Waals surface area contributed by atoms with Gasteiger partial charge in [0.05, 0.1) is 26.4 Å². The number of esters is 4. The van der Waals surface area contributed by atoms with Gasteiger partial charge in [0.2, 0.25) is 0 Å². The van der Waals surface area contributed by atoms with Gasteiger partial charge in [0.25, 0.3) is 0 Å². The lowest BCUT2D eigenvalue weighted by Crippen LogP contribution is -2.30. The van der Waals surface area contributed by atoms with E-state index in [1.54, 1.807) is 0 Å². The zero-order chi connectivity index (χ0) is 81.1. The van der Waals surface area contributed by atoms with E-state index < -0.39 is 97.5 Å². The first-order valence-electron chi connectivity index (χ1n) is 47.6. The van der Waals surface area contributed by atoms with Gasteiger partial charge in [-0.1, -0.05) is 452 Å². The van der Waals surface area contributed by atoms with Crippen molar-refractivity contribution in [3.05, 3.63) is 0 Å². The van der Waals surface area contributed by atoms with Crippen LogP contribution in [-0.4, -0.2) is 96.7 Å². The summed E-state index contributed by atoms with van der Waals surface area (Å²) in [5.74, 6) is -1.39. The Morgan fingerprint density at radius 1 is 0.243 bits per heavy atom. The standard InChI is InChI=1S/C92H180O17P2/c1-6-9-12-15-18-21-24-27-30-33-36-38-41-43-46-49-52-55-60-65-70-75-89(94)102-81-87(108-91(96)77-72-68-62-57-54-51-48-45-42-39-37-34-31-28-25-22-19-16-13-10-7-2)83-106-110(98,99)104-79-86(93)80-105-111(100,101)107-84-88(82-103-90(95)76-71-66-63-58-59-64-69-74-85(4)5)109-92(97)78-73-67-61-56-53-50-47-44-40-35-32-29-26-23-20-17-14-11-8-3/h85-88,93H,6-84H2,1-5H3,(H,98,99)(H,100,101)/t86-,87-,88-/m1/s1. The lowest BCUT2D eigenvalue weighted by atomic mass is 10.0. The summed E-state index contributed by atoms with van der Waals surface area (Å²) >= 11 is 0. The molecule has 0 aliphatic rings. The molecule has 0 amide bonds. The molecule has 0 rings (SSSR count). The molecule has 0 aromatic rings. The quantitative estimate of drug-likeness (QED) is 0.0222. The van der Waals surface area contributed by atoms with Crippen molar-refractivity contribution in [3.8, 4) is 0 Å². The summed E-state index contributed by atoms with van der Waals surface area (Å²) in [7, 11) is -9.93. The van der Waals surface area contributed by atoms with E-state index in [1.807, 2.05) is 0 Å². The predicted molar refractivity (Wildman–Crippen MR) is 460 cm³/mol. The Hall–Kier alpha value is -1.94. The summed E-state index contributed by atoms with van der Waals surface area (Å²) in [5, 5.41) is 10.7. The second kappa shape index (κ2) is 84.5. The molecule has 3 N–H and O–H groups in total. The minimum atomic E-state index is -4.97. The van der Waals surface area contributed by atoms with Crippen LogP contribution in [0.1, 0.15) is 503 Å². The third-order valence-corrected chi connectivity index (χ3v) is 23.7. The second-order valence-corrected chi connectivity index (χ2v) is 36.4. The summed E-state index contributed by atoms with van der Waals surface area (Å²) in [6.45, 7) is 7.34. The normalized spacial score (nSPS) is 13.7. The Bertz CT molecular complexity index is 2100. The number of phosphoric acid groups is 2. The van der Waals surface area contributed by atoms with E-state index in [4.69, 9.17) is 37.0 Å². The van der Waals surface area contributed by atoms with Crippen molar-refractivity contribution >= 4 is 39.5 Å². The Kier molecular flexibility index (Phi) is 83.0. The van der Waals surface area contributed by atoms with E-state index in [0.29, 0.717) is 31.6 Å². The van der Waals surface area contributed by atoms with Crippen LogP contribution in [0.2, 0.25) is 0 Å². The van der Waals surface area contributed by atoms with E-state index in [2.05, 4.69) is 34.6 Å². The minimum absolute atomic E-state index is 0.108. The summed E-state index contributed by atoms with van der Waals surface area (Å²) in [6.07, 6.45) is 80.9. The smallest absolute Gasteiger partial charge is 0.462 e. The van der Waals surface area contributed by atoms with Gasteiger partial charge in [0.15, 0.2) is 12.2 Å². The van der Waals surface area contributed by atoms with Crippen LogP contribution in [-0.2, 0) is 65.4 Å². The SMILES string of the molecule is CCCCCCCCCCCCCCCCCCCCCCCC(=O)OC[C@H](COP(=O)(O)OC[C@@H](O)COP(=O)(O)OC[C@@H](COC(=O)CCCCCCCCCC(C)C)OC(=O)CCCCCCCCCCCCCCCCCCCCC)OC(=O)CCCCCCCCCCCCCCCCCCCCCCC. The van der Waals surface area contributed by atoms with Crippen molar-refractivity contribution in [2.45, 2.75) is 522 Å². The maximum absolute atomic E-state index is 13.2. The number of carbonyl (C=O) groups excluding carboxylic acids is 4. The average Bonchev–Trinajstić information content (AvgIpc) is 0.900. The maximum Gasteiger partial charge on any atom is 0.472 e. The van der Waals surface area contributed by atoms with E-state index >= 15 is 0 Å². The number of hydrogen-bond acceptors (Lipinski definition) is 15. The monoisotopic (exact) mass is 1620 g/mol. The van der Waals surface area contributed by atoms with E-state index in [0.717, 1.165) is 96.3 Å². The van der Waals surface area contributed by atoms with Gasteiger partial charge in [-0.3, -0.25) is 37.3 Å². The van der Waals surface area contributed by atoms with E-state index in [9.17, 15) is 43.2 Å². The maximum atomic E-state index is 13.2. The van der Waals surface area contributed by atoms with Crippen LogP contribution in [0.4, 0.5) is 0 Å². The first kappa shape index (κ1) is 109. The topological polar surface area (TPSA) is 237 Å². The molecule has 19 heteroatoms. The van der Waals surface area contributed by atoms with Crippen LogP contribution < -0.4 is 0 Å². The zero-order valence-electron chi connectivity index (χ0n) is 73.1. The number of aliphatic hydroxyl groups excluding tert-OH is 1. The van der Waals surface area contributed by atoms with Crippen molar-refractivity contribution in [3.63, 3.8) is 0 Å². The number of ether oxygens (including phenoxy) is 4. The largest absolute Gasteiger partial charge is 0.472 e. The van der Waals surface area contributed by atoms with Crippen LogP contribution in [0.25, 0.3) is 0 Å². The number of aliphatic hydroxyl groups is 1. The minimum Gasteiger partial charge on any atom is -0.462 e. The fourth-order valence-corrected chi connectivity index (χ4v) is 16.1. The van der Waals surface area contributed by atoms with Gasteiger partial charge in [-0.2, -0.15) is 0 Å². The summed E-state index contributed by atoms with van der Waals surface area (Å²) in [6, 6.07) is 0. The third kappa shape index (κ3) is 85.8. The van der Waals surface area contributed by atoms with Gasteiger partial charge in [-0.25, -0.2) is 9.13 Å². The summed E-state index contributed by atoms with van der Waals surface area (Å²) < 4.78 is 69.1. The first-order chi connectivity index (χ1) is 54.0. The summed E-state index contributed by atoms with van der Waals surface area (Å²) in [5.41, 5.74) is 0. The van der Waals surface area contributed by atoms with Crippen LogP contribution in [0, 0.1) is 5.92 Å². The molecule has 0 aromatic heterocycles. The van der Waals surface area contributed by atoms with Crippen molar-refractivity contribution in [1.29, 1.82) is 0 Å². The Morgan fingerprint density at radius 3 is 0.613 bits per heavy atom. The fraction of sp³-hybridized carbons (Fsp3) is 0.957.